The van der Waals surface area contributed by atoms with Gasteiger partial charge >= 0.3 is 0 Å². The van der Waals surface area contributed by atoms with Crippen molar-refractivity contribution in [2.24, 2.45) is 0 Å². The zero-order chi connectivity index (χ0) is 5.98. The Kier molecular flexibility index (Phi) is 1.51. The molecule has 0 aromatic carbocycles. The van der Waals surface area contributed by atoms with Gasteiger partial charge in [0.15, 0.2) is 0 Å². The summed E-state index contributed by atoms with van der Waals surface area (Å²) in [4.78, 5) is 11.8. The highest BCUT2D eigenvalue weighted by Crippen LogP contribution is 2.21. The standard InChI is InChI=1S/C6H11NO/c1-7(5-8)6-3-2-4-6/h5-6H,2-4H2,1H3. The topological polar surface area (TPSA) is 20.3 Å². The first-order chi connectivity index (χ1) is 3.84. The number of hydrogen-bond donors (Lipinski definition) is 0. The lowest BCUT2D eigenvalue weighted by atomic mass is 9.92. The lowest BCUT2D eigenvalue weighted by Gasteiger charge is -2.31. The second kappa shape index (κ2) is 2.16. The molecule has 1 fully saturated rings. The molecule has 0 aliphatic heterocycles. The Morgan fingerprint density at radius 1 is 1.62 bits per heavy atom. The monoisotopic (exact) mass is 113 g/mol. The lowest BCUT2D eigenvalue weighted by molar-refractivity contribution is -0.120. The summed E-state index contributed by atoms with van der Waals surface area (Å²) in [5.74, 6) is 0. The van der Waals surface area contributed by atoms with Gasteiger partial charge in [-0.2, -0.15) is 0 Å². The van der Waals surface area contributed by atoms with Crippen molar-refractivity contribution in [1.82, 2.24) is 4.90 Å². The molecule has 0 radical (unpaired) electrons. The molecular weight excluding hydrogens is 102 g/mol. The van der Waals surface area contributed by atoms with E-state index in [-0.39, 0.29) is 0 Å². The SMILES string of the molecule is CN(C=O)C1CCC1. The maximum atomic E-state index is 10.1. The molecule has 0 N–H and O–H groups in total. The second-order valence-electron chi connectivity index (χ2n) is 2.36. The van der Waals surface area contributed by atoms with E-state index in [2.05, 4.69) is 0 Å². The average molecular weight is 113 g/mol. The Labute approximate surface area is 49.5 Å². The van der Waals surface area contributed by atoms with Crippen LogP contribution in [0.25, 0.3) is 0 Å². The number of carbonyl (C=O) groups is 1. The van der Waals surface area contributed by atoms with Crippen LogP contribution < -0.4 is 0 Å². The molecule has 1 saturated carbocycles. The third kappa shape index (κ3) is 0.831. The third-order valence-corrected chi connectivity index (χ3v) is 1.82. The summed E-state index contributed by atoms with van der Waals surface area (Å²) in [7, 11) is 1.84. The van der Waals surface area contributed by atoms with Crippen LogP contribution in [0.2, 0.25) is 0 Å². The van der Waals surface area contributed by atoms with Crippen LogP contribution >= 0.6 is 0 Å². The first-order valence-electron chi connectivity index (χ1n) is 3.02. The Balaban J connectivity index is 2.22. The van der Waals surface area contributed by atoms with Gasteiger partial charge in [-0.3, -0.25) is 4.79 Å². The molecule has 0 bridgehead atoms. The molecule has 46 valence electrons. The average Bonchev–Trinajstić information content (AvgIpc) is 1.62. The molecule has 1 aliphatic rings. The van der Waals surface area contributed by atoms with Crippen LogP contribution in [0.5, 0.6) is 0 Å². The van der Waals surface area contributed by atoms with Gasteiger partial charge in [0.05, 0.1) is 0 Å². The normalized spacial score (nSPS) is 19.6. The molecule has 8 heavy (non-hydrogen) atoms. The fourth-order valence-corrected chi connectivity index (χ4v) is 0.880. The quantitative estimate of drug-likeness (QED) is 0.481. The Morgan fingerprint density at radius 3 is 2.38 bits per heavy atom. The molecule has 0 spiro atoms. The molecule has 0 unspecified atom stereocenters. The van der Waals surface area contributed by atoms with E-state index < -0.39 is 0 Å². The minimum atomic E-state index is 0.562. The molecule has 1 rings (SSSR count). The van der Waals surface area contributed by atoms with Gasteiger partial charge in [0.1, 0.15) is 0 Å². The minimum Gasteiger partial charge on any atom is -0.345 e. The molecule has 1 amide bonds. The van der Waals surface area contributed by atoms with Crippen LogP contribution in [0.1, 0.15) is 19.3 Å². The van der Waals surface area contributed by atoms with Gasteiger partial charge in [0.25, 0.3) is 0 Å². The number of hydrogen-bond acceptors (Lipinski definition) is 1. The van der Waals surface area contributed by atoms with Crippen LogP contribution in [-0.2, 0) is 4.79 Å². The number of rotatable bonds is 2. The molecule has 0 atom stereocenters. The molecule has 1 aliphatic carbocycles. The van der Waals surface area contributed by atoms with Gasteiger partial charge in [-0.05, 0) is 19.3 Å². The van der Waals surface area contributed by atoms with E-state index >= 15 is 0 Å². The van der Waals surface area contributed by atoms with Gasteiger partial charge in [0.2, 0.25) is 6.41 Å². The highest BCUT2D eigenvalue weighted by atomic mass is 16.1. The summed E-state index contributed by atoms with van der Waals surface area (Å²) in [5.41, 5.74) is 0. The molecule has 0 saturated heterocycles. The third-order valence-electron chi connectivity index (χ3n) is 1.82. The van der Waals surface area contributed by atoms with Gasteiger partial charge < -0.3 is 4.90 Å². The maximum absolute atomic E-state index is 10.1. The van der Waals surface area contributed by atoms with Crippen molar-refractivity contribution < 1.29 is 4.79 Å². The fraction of sp³-hybridized carbons (Fsp3) is 0.833. The summed E-state index contributed by atoms with van der Waals surface area (Å²) < 4.78 is 0. The van der Waals surface area contributed by atoms with Crippen molar-refractivity contribution in [3.8, 4) is 0 Å². The zero-order valence-electron chi connectivity index (χ0n) is 5.13. The molecule has 0 heterocycles. The molecule has 2 nitrogen and oxygen atoms in total. The van der Waals surface area contributed by atoms with Gasteiger partial charge in [-0.1, -0.05) is 0 Å². The summed E-state index contributed by atoms with van der Waals surface area (Å²) in [6.45, 7) is 0. The highest BCUT2D eigenvalue weighted by molar-refractivity contribution is 5.47. The second-order valence-corrected chi connectivity index (χ2v) is 2.36. The highest BCUT2D eigenvalue weighted by Gasteiger charge is 2.20. The van der Waals surface area contributed by atoms with Gasteiger partial charge in [-0.15, -0.1) is 0 Å². The smallest absolute Gasteiger partial charge is 0.209 e. The van der Waals surface area contributed by atoms with Crippen molar-refractivity contribution in [1.29, 1.82) is 0 Å². The van der Waals surface area contributed by atoms with E-state index in [0.717, 1.165) is 6.41 Å². The molecule has 0 aromatic rings. The van der Waals surface area contributed by atoms with E-state index in [1.165, 1.54) is 19.3 Å². The number of carbonyl (C=O) groups excluding carboxylic acids is 1. The summed E-state index contributed by atoms with van der Waals surface area (Å²) in [6.07, 6.45) is 4.61. The van der Waals surface area contributed by atoms with Crippen LogP contribution in [0, 0.1) is 0 Å². The Morgan fingerprint density at radius 2 is 2.25 bits per heavy atom. The van der Waals surface area contributed by atoms with Crippen molar-refractivity contribution in [3.05, 3.63) is 0 Å². The minimum absolute atomic E-state index is 0.562. The lowest BCUT2D eigenvalue weighted by Crippen LogP contribution is -2.35. The van der Waals surface area contributed by atoms with E-state index in [0.29, 0.717) is 6.04 Å². The van der Waals surface area contributed by atoms with Gasteiger partial charge in [0, 0.05) is 13.1 Å². The van der Waals surface area contributed by atoms with Crippen LogP contribution in [0.3, 0.4) is 0 Å². The van der Waals surface area contributed by atoms with Crippen molar-refractivity contribution in [3.63, 3.8) is 0 Å². The summed E-state index contributed by atoms with van der Waals surface area (Å²) in [5, 5.41) is 0. The maximum Gasteiger partial charge on any atom is 0.209 e. The first kappa shape index (κ1) is 5.60. The van der Waals surface area contributed by atoms with E-state index in [9.17, 15) is 4.79 Å². The summed E-state index contributed by atoms with van der Waals surface area (Å²) >= 11 is 0. The van der Waals surface area contributed by atoms with Crippen molar-refractivity contribution in [2.45, 2.75) is 25.3 Å². The molecule has 2 heteroatoms. The van der Waals surface area contributed by atoms with Crippen LogP contribution in [0.15, 0.2) is 0 Å². The van der Waals surface area contributed by atoms with Crippen LogP contribution in [0.4, 0.5) is 0 Å². The van der Waals surface area contributed by atoms with E-state index in [1.54, 1.807) is 4.90 Å². The Hall–Kier alpha value is -0.530. The van der Waals surface area contributed by atoms with Crippen molar-refractivity contribution in [2.75, 3.05) is 7.05 Å². The number of amides is 1. The summed E-state index contributed by atoms with van der Waals surface area (Å²) in [6, 6.07) is 0.562. The predicted octanol–water partition coefficient (Wildman–Crippen LogP) is 0.627. The van der Waals surface area contributed by atoms with E-state index in [1.807, 2.05) is 7.05 Å². The zero-order valence-corrected chi connectivity index (χ0v) is 5.13. The van der Waals surface area contributed by atoms with Gasteiger partial charge in [-0.25, -0.2) is 0 Å². The van der Waals surface area contributed by atoms with E-state index in [4.69, 9.17) is 0 Å². The molecule has 0 aromatic heterocycles. The largest absolute Gasteiger partial charge is 0.345 e. The predicted molar refractivity (Wildman–Crippen MR) is 31.5 cm³/mol. The molecular formula is C6H11NO. The Bertz CT molecular complexity index is 88.5. The fourth-order valence-electron chi connectivity index (χ4n) is 0.880. The number of nitrogens with zero attached hydrogens (tertiary/aromatic N) is 1. The van der Waals surface area contributed by atoms with Crippen LogP contribution in [-0.4, -0.2) is 24.4 Å². The first-order valence-corrected chi connectivity index (χ1v) is 3.02. The van der Waals surface area contributed by atoms with Crippen molar-refractivity contribution >= 4 is 6.41 Å².